The van der Waals surface area contributed by atoms with Gasteiger partial charge in [-0.25, -0.2) is 4.79 Å². The number of amides is 1. The molecule has 118 valence electrons. The van der Waals surface area contributed by atoms with Crippen LogP contribution in [-0.2, 0) is 24.1 Å². The molecule has 5 nitrogen and oxygen atoms in total. The van der Waals surface area contributed by atoms with Crippen molar-refractivity contribution in [3.8, 4) is 0 Å². The molecule has 1 N–H and O–H groups in total. The summed E-state index contributed by atoms with van der Waals surface area (Å²) < 4.78 is 7.24. The Labute approximate surface area is 127 Å². The second-order valence-corrected chi connectivity index (χ2v) is 7.61. The summed E-state index contributed by atoms with van der Waals surface area (Å²) in [7, 11) is 0. The van der Waals surface area contributed by atoms with E-state index in [1.54, 1.807) is 0 Å². The number of hydrogen-bond acceptors (Lipinski definition) is 3. The highest BCUT2D eigenvalue weighted by Crippen LogP contribution is 2.34. The first-order valence-electron chi connectivity index (χ1n) is 7.67. The van der Waals surface area contributed by atoms with Crippen LogP contribution in [0.2, 0.25) is 0 Å². The van der Waals surface area contributed by atoms with Gasteiger partial charge in [0.15, 0.2) is 0 Å². The molecule has 0 saturated heterocycles. The summed E-state index contributed by atoms with van der Waals surface area (Å²) in [5, 5.41) is 7.24. The number of nitrogens with zero attached hydrogens (tertiary/aromatic N) is 2. The normalized spacial score (nSPS) is 17.2. The summed E-state index contributed by atoms with van der Waals surface area (Å²) in [6.07, 6.45) is 4.96. The second-order valence-electron chi connectivity index (χ2n) is 7.61. The van der Waals surface area contributed by atoms with Gasteiger partial charge >= 0.3 is 6.09 Å². The molecule has 21 heavy (non-hydrogen) atoms. The Morgan fingerprint density at radius 1 is 1.48 bits per heavy atom. The third-order valence-corrected chi connectivity index (χ3v) is 3.74. The zero-order valence-electron chi connectivity index (χ0n) is 13.8. The molecule has 2 rings (SSSR count). The fourth-order valence-electron chi connectivity index (χ4n) is 2.65. The molecule has 0 fully saturated rings. The quantitative estimate of drug-likeness (QED) is 0.932. The van der Waals surface area contributed by atoms with E-state index in [-0.39, 0.29) is 6.09 Å². The molecule has 1 aliphatic carbocycles. The lowest BCUT2D eigenvalue weighted by Crippen LogP contribution is -2.34. The molecule has 0 radical (unpaired) electrons. The highest BCUT2D eigenvalue weighted by atomic mass is 16.6. The molecule has 0 spiro atoms. The summed E-state index contributed by atoms with van der Waals surface area (Å²) in [6, 6.07) is 0. The summed E-state index contributed by atoms with van der Waals surface area (Å²) in [5.74, 6) is 0. The number of hydrogen-bond donors (Lipinski definition) is 1. The number of carbonyl (C=O) groups is 1. The van der Waals surface area contributed by atoms with Crippen LogP contribution in [0.15, 0.2) is 6.20 Å². The van der Waals surface area contributed by atoms with Gasteiger partial charge in [-0.3, -0.25) is 4.68 Å². The Bertz CT molecular complexity index is 512. The second kappa shape index (κ2) is 5.70. The summed E-state index contributed by atoms with van der Waals surface area (Å²) >= 11 is 0. The van der Waals surface area contributed by atoms with Crippen molar-refractivity contribution in [2.75, 3.05) is 6.54 Å². The number of ether oxygens (including phenoxy) is 1. The van der Waals surface area contributed by atoms with Crippen LogP contribution in [0.3, 0.4) is 0 Å². The molecule has 0 unspecified atom stereocenters. The summed E-state index contributed by atoms with van der Waals surface area (Å²) in [6.45, 7) is 11.4. The monoisotopic (exact) mass is 293 g/mol. The van der Waals surface area contributed by atoms with Gasteiger partial charge in [0.05, 0.1) is 12.7 Å². The molecule has 0 aliphatic heterocycles. The minimum atomic E-state index is -0.459. The van der Waals surface area contributed by atoms with E-state index >= 15 is 0 Å². The lowest BCUT2D eigenvalue weighted by atomic mass is 9.77. The van der Waals surface area contributed by atoms with Gasteiger partial charge in [0.2, 0.25) is 0 Å². The van der Waals surface area contributed by atoms with Crippen LogP contribution in [0.4, 0.5) is 4.79 Å². The molecule has 0 saturated carbocycles. The number of nitrogens with one attached hydrogen (secondary N) is 1. The van der Waals surface area contributed by atoms with Gasteiger partial charge in [0, 0.05) is 12.2 Å². The Morgan fingerprint density at radius 3 is 2.86 bits per heavy atom. The smallest absolute Gasteiger partial charge is 0.407 e. The number of fused-ring (bicyclic) bond motifs is 1. The molecule has 0 bridgehead atoms. The molecule has 1 aromatic heterocycles. The van der Waals surface area contributed by atoms with Crippen LogP contribution in [0.1, 0.15) is 52.3 Å². The first-order valence-corrected chi connectivity index (χ1v) is 7.67. The fourth-order valence-corrected chi connectivity index (χ4v) is 2.65. The maximum Gasteiger partial charge on any atom is 0.407 e. The maximum atomic E-state index is 11.6. The molecular weight excluding hydrogens is 266 g/mol. The van der Waals surface area contributed by atoms with E-state index in [1.165, 1.54) is 17.7 Å². The van der Waals surface area contributed by atoms with E-state index in [0.717, 1.165) is 12.8 Å². The third-order valence-electron chi connectivity index (χ3n) is 3.74. The highest BCUT2D eigenvalue weighted by Gasteiger charge is 2.28. The Kier molecular flexibility index (Phi) is 4.30. The first-order chi connectivity index (χ1) is 9.66. The van der Waals surface area contributed by atoms with E-state index in [0.29, 0.717) is 18.5 Å². The van der Waals surface area contributed by atoms with Gasteiger partial charge < -0.3 is 10.1 Å². The molecule has 5 heteroatoms. The molecule has 1 amide bonds. The zero-order valence-corrected chi connectivity index (χ0v) is 13.8. The van der Waals surface area contributed by atoms with Crippen molar-refractivity contribution in [3.63, 3.8) is 0 Å². The average molecular weight is 293 g/mol. The Morgan fingerprint density at radius 2 is 2.19 bits per heavy atom. The van der Waals surface area contributed by atoms with Crippen LogP contribution in [-0.4, -0.2) is 28.0 Å². The van der Waals surface area contributed by atoms with E-state index < -0.39 is 5.60 Å². The van der Waals surface area contributed by atoms with Crippen LogP contribution < -0.4 is 5.32 Å². The van der Waals surface area contributed by atoms with Crippen molar-refractivity contribution in [2.45, 2.75) is 66.0 Å². The van der Waals surface area contributed by atoms with Crippen molar-refractivity contribution in [2.24, 2.45) is 5.41 Å². The Balaban J connectivity index is 1.88. The maximum absolute atomic E-state index is 11.6. The average Bonchev–Trinajstić information content (AvgIpc) is 2.68. The topological polar surface area (TPSA) is 56.2 Å². The lowest BCUT2D eigenvalue weighted by molar-refractivity contribution is 0.0525. The van der Waals surface area contributed by atoms with E-state index in [9.17, 15) is 4.79 Å². The molecule has 1 heterocycles. The number of rotatable bonds is 3. The molecule has 1 aromatic rings. The van der Waals surface area contributed by atoms with Gasteiger partial charge in [-0.2, -0.15) is 5.10 Å². The van der Waals surface area contributed by atoms with Crippen molar-refractivity contribution in [3.05, 3.63) is 17.5 Å². The lowest BCUT2D eigenvalue weighted by Gasteiger charge is -2.30. The SMILES string of the molecule is CC1(C)CCc2cnn(CCNC(=O)OC(C)(C)C)c2C1. The third kappa shape index (κ3) is 4.48. The van der Waals surface area contributed by atoms with Crippen LogP contribution in [0.5, 0.6) is 0 Å². The van der Waals surface area contributed by atoms with Crippen LogP contribution >= 0.6 is 0 Å². The minimum Gasteiger partial charge on any atom is -0.444 e. The predicted octanol–water partition coefficient (Wildman–Crippen LogP) is 2.92. The molecule has 1 aliphatic rings. The minimum absolute atomic E-state index is 0.337. The van der Waals surface area contributed by atoms with Crippen LogP contribution in [0.25, 0.3) is 0 Å². The largest absolute Gasteiger partial charge is 0.444 e. The van der Waals surface area contributed by atoms with Gasteiger partial charge in [-0.15, -0.1) is 0 Å². The van der Waals surface area contributed by atoms with Crippen molar-refractivity contribution >= 4 is 6.09 Å². The van der Waals surface area contributed by atoms with Crippen molar-refractivity contribution in [1.29, 1.82) is 0 Å². The van der Waals surface area contributed by atoms with Gasteiger partial charge in [-0.05, 0) is 51.0 Å². The molecule has 0 aromatic carbocycles. The number of aryl methyl sites for hydroxylation is 1. The highest BCUT2D eigenvalue weighted by molar-refractivity contribution is 5.67. The van der Waals surface area contributed by atoms with Crippen molar-refractivity contribution in [1.82, 2.24) is 15.1 Å². The zero-order chi connectivity index (χ0) is 15.7. The van der Waals surface area contributed by atoms with E-state index in [4.69, 9.17) is 4.74 Å². The first kappa shape index (κ1) is 15.9. The van der Waals surface area contributed by atoms with Gasteiger partial charge in [0.1, 0.15) is 5.60 Å². The fraction of sp³-hybridized carbons (Fsp3) is 0.750. The number of alkyl carbamates (subject to hydrolysis) is 1. The molecule has 0 atom stereocenters. The van der Waals surface area contributed by atoms with E-state index in [1.807, 2.05) is 31.6 Å². The van der Waals surface area contributed by atoms with Gasteiger partial charge in [0.25, 0.3) is 0 Å². The standard InChI is InChI=1S/C16H27N3O2/c1-15(2,3)21-14(20)17-8-9-19-13-10-16(4,5)7-6-12(13)11-18-19/h11H,6-10H2,1-5H3,(H,17,20). The predicted molar refractivity (Wildman–Crippen MR) is 82.3 cm³/mol. The Hall–Kier alpha value is -1.52. The summed E-state index contributed by atoms with van der Waals surface area (Å²) in [5.41, 5.74) is 2.55. The van der Waals surface area contributed by atoms with E-state index in [2.05, 4.69) is 24.3 Å². The van der Waals surface area contributed by atoms with Gasteiger partial charge in [-0.1, -0.05) is 13.8 Å². The molecular formula is C16H27N3O2. The van der Waals surface area contributed by atoms with Crippen LogP contribution in [0, 0.1) is 5.41 Å². The number of aromatic nitrogens is 2. The number of carbonyl (C=O) groups excluding carboxylic acids is 1. The summed E-state index contributed by atoms with van der Waals surface area (Å²) in [4.78, 5) is 11.6. The van der Waals surface area contributed by atoms with Crippen molar-refractivity contribution < 1.29 is 9.53 Å².